The van der Waals surface area contributed by atoms with Crippen molar-refractivity contribution in [1.29, 1.82) is 0 Å². The minimum atomic E-state index is -4.43. The molecule has 3 aromatic heterocycles. The average molecular weight is 435 g/mol. The van der Waals surface area contributed by atoms with Gasteiger partial charge in [0.15, 0.2) is 0 Å². The van der Waals surface area contributed by atoms with Crippen LogP contribution < -0.4 is 10.2 Å². The molecule has 4 heterocycles. The quantitative estimate of drug-likeness (QED) is 0.650. The van der Waals surface area contributed by atoms with Crippen molar-refractivity contribution in [1.82, 2.24) is 19.9 Å². The molecule has 0 radical (unpaired) electrons. The molecule has 4 rings (SSSR count). The topological polar surface area (TPSA) is 66.8 Å². The van der Waals surface area contributed by atoms with Crippen molar-refractivity contribution in [3.8, 4) is 0 Å². The molecular formula is C20H18ClF3N6. The molecule has 0 amide bonds. The number of alkyl halides is 3. The lowest BCUT2D eigenvalue weighted by Gasteiger charge is -2.30. The van der Waals surface area contributed by atoms with Gasteiger partial charge in [0.2, 0.25) is 0 Å². The molecule has 0 spiro atoms. The third kappa shape index (κ3) is 4.62. The van der Waals surface area contributed by atoms with Crippen molar-refractivity contribution in [2.45, 2.75) is 25.6 Å². The Morgan fingerprint density at radius 3 is 2.60 bits per heavy atom. The summed E-state index contributed by atoms with van der Waals surface area (Å²) in [7, 11) is 0. The summed E-state index contributed by atoms with van der Waals surface area (Å²) < 4.78 is 37.9. The van der Waals surface area contributed by atoms with Gasteiger partial charge in [-0.25, -0.2) is 15.0 Å². The van der Waals surface area contributed by atoms with Crippen molar-refractivity contribution in [2.24, 2.45) is 0 Å². The summed E-state index contributed by atoms with van der Waals surface area (Å²) in [4.78, 5) is 18.7. The number of halogens is 4. The molecule has 156 valence electrons. The first-order valence-electron chi connectivity index (χ1n) is 9.35. The van der Waals surface area contributed by atoms with Crippen molar-refractivity contribution < 1.29 is 13.2 Å². The average Bonchev–Trinajstić information content (AvgIpc) is 2.74. The number of nitrogens with one attached hydrogen (secondary N) is 1. The van der Waals surface area contributed by atoms with Crippen LogP contribution in [0.5, 0.6) is 0 Å². The number of aromatic nitrogens is 4. The van der Waals surface area contributed by atoms with Gasteiger partial charge in [-0.05, 0) is 30.2 Å². The smallest absolute Gasteiger partial charge is 0.369 e. The van der Waals surface area contributed by atoms with Crippen LogP contribution in [0, 0.1) is 0 Å². The van der Waals surface area contributed by atoms with E-state index in [9.17, 15) is 13.2 Å². The fourth-order valence-corrected chi connectivity index (χ4v) is 3.42. The number of hydrogen-bond donors (Lipinski definition) is 1. The number of pyridine rings is 2. The van der Waals surface area contributed by atoms with Crippen LogP contribution in [-0.2, 0) is 25.6 Å². The van der Waals surface area contributed by atoms with Gasteiger partial charge in [-0.15, -0.1) is 0 Å². The monoisotopic (exact) mass is 434 g/mol. The standard InChI is InChI=1S/C20H18ClF3N6/c21-14-2-4-18(27-10-14)30-8-6-16-15(11-30)19(29-12-28-16)25-7-5-13-1-3-17(26-9-13)20(22,23)24/h1-4,9-10,12H,5-8,11H2,(H,25,28,29). The third-order valence-corrected chi connectivity index (χ3v) is 5.08. The highest BCUT2D eigenvalue weighted by Gasteiger charge is 2.32. The largest absolute Gasteiger partial charge is 0.433 e. The first-order chi connectivity index (χ1) is 14.4. The summed E-state index contributed by atoms with van der Waals surface area (Å²) in [6.07, 6.45) is 1.25. The van der Waals surface area contributed by atoms with E-state index in [2.05, 4.69) is 30.2 Å². The highest BCUT2D eigenvalue weighted by atomic mass is 35.5. The van der Waals surface area contributed by atoms with Crippen LogP contribution in [-0.4, -0.2) is 33.0 Å². The Hall–Kier alpha value is -2.94. The number of nitrogens with zero attached hydrogens (tertiary/aromatic N) is 5. The molecule has 1 aliphatic heterocycles. The first kappa shape index (κ1) is 20.3. The second kappa shape index (κ2) is 8.43. The number of hydrogen-bond acceptors (Lipinski definition) is 6. The Morgan fingerprint density at radius 2 is 1.90 bits per heavy atom. The zero-order chi connectivity index (χ0) is 21.1. The molecule has 0 bridgehead atoms. The summed E-state index contributed by atoms with van der Waals surface area (Å²) in [5.74, 6) is 1.55. The number of fused-ring (bicyclic) bond motifs is 1. The van der Waals surface area contributed by atoms with Crippen molar-refractivity contribution in [3.63, 3.8) is 0 Å². The molecule has 10 heteroatoms. The minimum absolute atomic E-state index is 0.510. The van der Waals surface area contributed by atoms with Crippen LogP contribution in [0.15, 0.2) is 43.0 Å². The lowest BCUT2D eigenvalue weighted by Crippen LogP contribution is -2.32. The van der Waals surface area contributed by atoms with Gasteiger partial charge in [-0.3, -0.25) is 4.98 Å². The summed E-state index contributed by atoms with van der Waals surface area (Å²) in [6, 6.07) is 6.12. The fourth-order valence-electron chi connectivity index (χ4n) is 3.31. The molecule has 0 saturated carbocycles. The van der Waals surface area contributed by atoms with Gasteiger partial charge in [-0.1, -0.05) is 17.7 Å². The van der Waals surface area contributed by atoms with Crippen LogP contribution >= 0.6 is 11.6 Å². The van der Waals surface area contributed by atoms with Crippen LogP contribution in [0.25, 0.3) is 0 Å². The van der Waals surface area contributed by atoms with E-state index in [0.29, 0.717) is 30.1 Å². The highest BCUT2D eigenvalue weighted by Crippen LogP contribution is 2.28. The fraction of sp³-hybridized carbons (Fsp3) is 0.300. The highest BCUT2D eigenvalue weighted by molar-refractivity contribution is 6.30. The molecule has 6 nitrogen and oxygen atoms in total. The molecule has 0 aliphatic carbocycles. The Kier molecular flexibility index (Phi) is 5.72. The normalized spacial score (nSPS) is 13.8. The van der Waals surface area contributed by atoms with E-state index in [0.717, 1.165) is 41.9 Å². The van der Waals surface area contributed by atoms with Crippen molar-refractivity contribution in [3.05, 3.63) is 70.5 Å². The summed E-state index contributed by atoms with van der Waals surface area (Å²) in [5, 5.41) is 3.86. The molecule has 0 saturated heterocycles. The molecule has 0 atom stereocenters. The number of anilines is 2. The van der Waals surface area contributed by atoms with E-state index in [1.54, 1.807) is 12.3 Å². The van der Waals surface area contributed by atoms with E-state index in [4.69, 9.17) is 11.6 Å². The van der Waals surface area contributed by atoms with Gasteiger partial charge in [0.05, 0.1) is 10.7 Å². The van der Waals surface area contributed by atoms with E-state index in [-0.39, 0.29) is 0 Å². The molecule has 1 N–H and O–H groups in total. The first-order valence-corrected chi connectivity index (χ1v) is 9.73. The zero-order valence-corrected chi connectivity index (χ0v) is 16.6. The predicted octanol–water partition coefficient (Wildman–Crippen LogP) is 4.16. The summed E-state index contributed by atoms with van der Waals surface area (Å²) >= 11 is 5.92. The molecule has 0 aromatic carbocycles. The Balaban J connectivity index is 1.42. The molecule has 3 aromatic rings. The van der Waals surface area contributed by atoms with Gasteiger partial charge < -0.3 is 10.2 Å². The van der Waals surface area contributed by atoms with Crippen LogP contribution in [0.2, 0.25) is 5.02 Å². The van der Waals surface area contributed by atoms with Gasteiger partial charge in [0, 0.05) is 44.0 Å². The molecular weight excluding hydrogens is 417 g/mol. The zero-order valence-electron chi connectivity index (χ0n) is 15.8. The SMILES string of the molecule is FC(F)(F)c1ccc(CCNc2ncnc3c2CN(c2ccc(Cl)cn2)CC3)cn1. The van der Waals surface area contributed by atoms with Gasteiger partial charge in [0.1, 0.15) is 23.7 Å². The lowest BCUT2D eigenvalue weighted by molar-refractivity contribution is -0.141. The molecule has 30 heavy (non-hydrogen) atoms. The molecule has 0 fully saturated rings. The minimum Gasteiger partial charge on any atom is -0.369 e. The van der Waals surface area contributed by atoms with Crippen LogP contribution in [0.3, 0.4) is 0 Å². The molecule has 0 unspecified atom stereocenters. The van der Waals surface area contributed by atoms with Gasteiger partial charge in [0.25, 0.3) is 0 Å². The van der Waals surface area contributed by atoms with Crippen LogP contribution in [0.4, 0.5) is 24.8 Å². The van der Waals surface area contributed by atoms with Crippen LogP contribution in [0.1, 0.15) is 22.5 Å². The summed E-state index contributed by atoms with van der Waals surface area (Å²) in [5.41, 5.74) is 1.80. The lowest BCUT2D eigenvalue weighted by atomic mass is 10.1. The Morgan fingerprint density at radius 1 is 1.03 bits per heavy atom. The second-order valence-electron chi connectivity index (χ2n) is 6.88. The maximum Gasteiger partial charge on any atom is 0.433 e. The predicted molar refractivity (Wildman–Crippen MR) is 107 cm³/mol. The van der Waals surface area contributed by atoms with E-state index < -0.39 is 11.9 Å². The Bertz CT molecular complexity index is 1010. The van der Waals surface area contributed by atoms with E-state index in [1.807, 2.05) is 6.07 Å². The van der Waals surface area contributed by atoms with Crippen molar-refractivity contribution >= 4 is 23.2 Å². The third-order valence-electron chi connectivity index (χ3n) is 4.86. The Labute approximate surface area is 176 Å². The van der Waals surface area contributed by atoms with Gasteiger partial charge in [-0.2, -0.15) is 13.2 Å². The maximum atomic E-state index is 12.6. The maximum absolute atomic E-state index is 12.6. The van der Waals surface area contributed by atoms with Crippen molar-refractivity contribution in [2.75, 3.05) is 23.3 Å². The second-order valence-corrected chi connectivity index (χ2v) is 7.32. The summed E-state index contributed by atoms with van der Waals surface area (Å²) in [6.45, 7) is 1.90. The molecule has 1 aliphatic rings. The van der Waals surface area contributed by atoms with Gasteiger partial charge >= 0.3 is 6.18 Å². The van der Waals surface area contributed by atoms with E-state index >= 15 is 0 Å². The number of rotatable bonds is 5. The van der Waals surface area contributed by atoms with E-state index in [1.165, 1.54) is 18.6 Å².